The van der Waals surface area contributed by atoms with Crippen LogP contribution >= 0.6 is 11.6 Å². The van der Waals surface area contributed by atoms with Crippen LogP contribution in [0.2, 0.25) is 5.02 Å². The van der Waals surface area contributed by atoms with Crippen molar-refractivity contribution in [1.82, 2.24) is 14.8 Å². The molecule has 0 spiro atoms. The number of hydrogen-bond acceptors (Lipinski definition) is 7. The zero-order valence-electron chi connectivity index (χ0n) is 18.4. The number of amides is 1. The number of aromatic nitrogens is 1. The first-order chi connectivity index (χ1) is 16.0. The number of methoxy groups -OCH3 is 1. The first kappa shape index (κ1) is 23.2. The minimum Gasteiger partial charge on any atom is -0.507 e. The predicted molar refractivity (Wildman–Crippen MR) is 123 cm³/mol. The molecule has 2 aromatic rings. The zero-order chi connectivity index (χ0) is 23.4. The van der Waals surface area contributed by atoms with Gasteiger partial charge in [0.2, 0.25) is 0 Å². The fraction of sp³-hybridized carbons (Fsp3) is 0.375. The van der Waals surface area contributed by atoms with E-state index in [4.69, 9.17) is 21.1 Å². The zero-order valence-corrected chi connectivity index (χ0v) is 19.1. The summed E-state index contributed by atoms with van der Waals surface area (Å²) in [5, 5.41) is 11.4. The molecule has 1 N–H and O–H groups in total. The van der Waals surface area contributed by atoms with E-state index < -0.39 is 17.7 Å². The fourth-order valence-electron chi connectivity index (χ4n) is 4.25. The van der Waals surface area contributed by atoms with Gasteiger partial charge >= 0.3 is 0 Å². The third kappa shape index (κ3) is 4.88. The van der Waals surface area contributed by atoms with Crippen LogP contribution in [-0.2, 0) is 14.3 Å². The van der Waals surface area contributed by atoms with Crippen molar-refractivity contribution in [1.29, 1.82) is 0 Å². The van der Waals surface area contributed by atoms with Crippen molar-refractivity contribution in [3.8, 4) is 5.75 Å². The highest BCUT2D eigenvalue weighted by Crippen LogP contribution is 2.40. The van der Waals surface area contributed by atoms with Crippen molar-refractivity contribution in [3.63, 3.8) is 0 Å². The molecule has 0 bridgehead atoms. The van der Waals surface area contributed by atoms with E-state index >= 15 is 0 Å². The van der Waals surface area contributed by atoms with Gasteiger partial charge in [0.05, 0.1) is 37.0 Å². The van der Waals surface area contributed by atoms with E-state index in [0.717, 1.165) is 19.6 Å². The molecular weight excluding hydrogens is 446 g/mol. The van der Waals surface area contributed by atoms with Crippen molar-refractivity contribution < 1.29 is 24.2 Å². The van der Waals surface area contributed by atoms with Crippen molar-refractivity contribution in [2.45, 2.75) is 12.5 Å². The maximum Gasteiger partial charge on any atom is 0.295 e. The molecule has 4 rings (SSSR count). The van der Waals surface area contributed by atoms with Gasteiger partial charge in [-0.15, -0.1) is 0 Å². The molecule has 2 saturated heterocycles. The number of Topliss-reactive ketones (excluding diaryl/α,β-unsaturated/α-hetero) is 1. The molecule has 3 heterocycles. The van der Waals surface area contributed by atoms with Crippen LogP contribution in [-0.4, -0.2) is 78.1 Å². The highest BCUT2D eigenvalue weighted by atomic mass is 35.5. The van der Waals surface area contributed by atoms with Crippen molar-refractivity contribution in [2.75, 3.05) is 46.5 Å². The summed E-state index contributed by atoms with van der Waals surface area (Å²) in [6.45, 7) is 4.27. The Kier molecular flexibility index (Phi) is 7.27. The van der Waals surface area contributed by atoms with E-state index in [0.29, 0.717) is 48.1 Å². The second kappa shape index (κ2) is 10.3. The summed E-state index contributed by atoms with van der Waals surface area (Å²) in [5.74, 6) is -1.19. The van der Waals surface area contributed by atoms with Gasteiger partial charge in [0.15, 0.2) is 0 Å². The van der Waals surface area contributed by atoms with Crippen LogP contribution in [0.25, 0.3) is 5.76 Å². The van der Waals surface area contributed by atoms with Crippen molar-refractivity contribution in [3.05, 3.63) is 64.4 Å². The van der Waals surface area contributed by atoms with Gasteiger partial charge in [0, 0.05) is 44.1 Å². The number of nitrogens with zero attached hydrogens (tertiary/aromatic N) is 3. The average Bonchev–Trinajstić information content (AvgIpc) is 3.10. The van der Waals surface area contributed by atoms with E-state index in [1.54, 1.807) is 36.7 Å². The van der Waals surface area contributed by atoms with Crippen LogP contribution < -0.4 is 4.74 Å². The smallest absolute Gasteiger partial charge is 0.295 e. The number of likely N-dealkylation sites (tertiary alicyclic amines) is 1. The molecule has 0 aliphatic carbocycles. The summed E-state index contributed by atoms with van der Waals surface area (Å²) in [4.78, 5) is 34.0. The molecule has 33 heavy (non-hydrogen) atoms. The summed E-state index contributed by atoms with van der Waals surface area (Å²) in [5.41, 5.74) is 1.02. The largest absolute Gasteiger partial charge is 0.507 e. The minimum absolute atomic E-state index is 0.0283. The number of ketones is 1. The highest BCUT2D eigenvalue weighted by Gasteiger charge is 2.46. The van der Waals surface area contributed by atoms with Gasteiger partial charge < -0.3 is 19.5 Å². The van der Waals surface area contributed by atoms with Crippen LogP contribution in [0.15, 0.2) is 48.3 Å². The summed E-state index contributed by atoms with van der Waals surface area (Å²) < 4.78 is 10.5. The molecule has 2 fully saturated rings. The first-order valence-electron chi connectivity index (χ1n) is 10.8. The first-order valence-corrected chi connectivity index (χ1v) is 11.2. The van der Waals surface area contributed by atoms with Gasteiger partial charge in [0.25, 0.3) is 11.7 Å². The lowest BCUT2D eigenvalue weighted by atomic mass is 9.96. The molecule has 174 valence electrons. The minimum atomic E-state index is -0.732. The Hall–Kier alpha value is -2.94. The van der Waals surface area contributed by atoms with Crippen LogP contribution in [0.4, 0.5) is 0 Å². The van der Waals surface area contributed by atoms with Crippen LogP contribution in [0.5, 0.6) is 5.75 Å². The number of halogens is 1. The Morgan fingerprint density at radius 3 is 2.70 bits per heavy atom. The van der Waals surface area contributed by atoms with Gasteiger partial charge in [0.1, 0.15) is 11.5 Å². The lowest BCUT2D eigenvalue weighted by molar-refractivity contribution is -0.140. The Morgan fingerprint density at radius 1 is 1.24 bits per heavy atom. The normalized spacial score (nSPS) is 20.9. The summed E-state index contributed by atoms with van der Waals surface area (Å²) in [7, 11) is 1.49. The number of pyridine rings is 1. The van der Waals surface area contributed by atoms with E-state index in [-0.39, 0.29) is 11.3 Å². The van der Waals surface area contributed by atoms with Gasteiger partial charge in [-0.2, -0.15) is 0 Å². The number of rotatable bonds is 7. The number of carbonyl (C=O) groups is 2. The SMILES string of the molecule is COc1ccc(/C(O)=C2\C(=O)C(=O)N(CCCN3CCOCC3)[C@@H]2c2cccnc2)cc1Cl. The maximum absolute atomic E-state index is 13.1. The highest BCUT2D eigenvalue weighted by molar-refractivity contribution is 6.46. The van der Waals surface area contributed by atoms with E-state index in [9.17, 15) is 14.7 Å². The number of hydrogen-bond donors (Lipinski definition) is 1. The monoisotopic (exact) mass is 471 g/mol. The second-order valence-corrected chi connectivity index (χ2v) is 8.34. The van der Waals surface area contributed by atoms with Crippen LogP contribution in [0.3, 0.4) is 0 Å². The Morgan fingerprint density at radius 2 is 2.03 bits per heavy atom. The molecule has 2 aliphatic heterocycles. The topological polar surface area (TPSA) is 92.2 Å². The number of aliphatic hydroxyl groups excluding tert-OH is 1. The molecule has 0 saturated carbocycles. The van der Waals surface area contributed by atoms with E-state index in [2.05, 4.69) is 9.88 Å². The number of morpholine rings is 1. The summed E-state index contributed by atoms with van der Waals surface area (Å²) in [6, 6.07) is 7.53. The Bertz CT molecular complexity index is 1050. The third-order valence-electron chi connectivity index (χ3n) is 5.94. The third-order valence-corrected chi connectivity index (χ3v) is 6.24. The van der Waals surface area contributed by atoms with Crippen molar-refractivity contribution in [2.24, 2.45) is 0 Å². The van der Waals surface area contributed by atoms with Crippen LogP contribution in [0.1, 0.15) is 23.6 Å². The number of carbonyl (C=O) groups excluding carboxylic acids is 2. The van der Waals surface area contributed by atoms with E-state index in [1.807, 2.05) is 0 Å². The van der Waals surface area contributed by atoms with Gasteiger partial charge in [-0.05, 0) is 36.2 Å². The van der Waals surface area contributed by atoms with Gasteiger partial charge in [-0.1, -0.05) is 17.7 Å². The molecule has 2 aliphatic rings. The lowest BCUT2D eigenvalue weighted by Gasteiger charge is -2.29. The lowest BCUT2D eigenvalue weighted by Crippen LogP contribution is -2.39. The maximum atomic E-state index is 13.1. The number of aliphatic hydroxyl groups is 1. The molecule has 9 heteroatoms. The summed E-state index contributed by atoms with van der Waals surface area (Å²) >= 11 is 6.23. The molecule has 1 aromatic carbocycles. The molecular formula is C24H26ClN3O5. The van der Waals surface area contributed by atoms with E-state index in [1.165, 1.54) is 18.1 Å². The molecule has 0 radical (unpaired) electrons. The molecule has 1 atom stereocenters. The molecule has 0 unspecified atom stereocenters. The average molecular weight is 472 g/mol. The Labute approximate surface area is 197 Å². The van der Waals surface area contributed by atoms with Crippen molar-refractivity contribution >= 4 is 29.1 Å². The fourth-order valence-corrected chi connectivity index (χ4v) is 4.51. The molecule has 1 amide bonds. The molecule has 1 aromatic heterocycles. The van der Waals surface area contributed by atoms with Gasteiger partial charge in [-0.3, -0.25) is 19.5 Å². The quantitative estimate of drug-likeness (QED) is 0.377. The second-order valence-electron chi connectivity index (χ2n) is 7.94. The summed E-state index contributed by atoms with van der Waals surface area (Å²) in [6.07, 6.45) is 3.93. The Balaban J connectivity index is 1.66. The number of benzene rings is 1. The standard InChI is InChI=1S/C24H26ClN3O5/c1-32-19-6-5-16(14-18(19)25)22(29)20-21(17-4-2-7-26-15-17)28(24(31)23(20)30)9-3-8-27-10-12-33-13-11-27/h2,4-7,14-15,21,29H,3,8-13H2,1H3/b22-20+/t21-/m1/s1. The number of ether oxygens (including phenoxy) is 2. The van der Waals surface area contributed by atoms with Gasteiger partial charge in [-0.25, -0.2) is 0 Å². The van der Waals surface area contributed by atoms with Crippen LogP contribution in [0, 0.1) is 0 Å². The predicted octanol–water partition coefficient (Wildman–Crippen LogP) is 2.89. The molecule has 8 nitrogen and oxygen atoms in total.